The number of nitro groups is 1. The predicted octanol–water partition coefficient (Wildman–Crippen LogP) is 5.62. The van der Waals surface area contributed by atoms with Gasteiger partial charge in [0.1, 0.15) is 5.82 Å². The molecule has 0 atom stereocenters. The summed E-state index contributed by atoms with van der Waals surface area (Å²) in [5, 5.41) is 20.5. The number of fused-ring (bicyclic) bond motifs is 1. The Morgan fingerprint density at radius 2 is 1.70 bits per heavy atom. The van der Waals surface area contributed by atoms with E-state index in [0.29, 0.717) is 36.1 Å². The van der Waals surface area contributed by atoms with Crippen LogP contribution in [0.4, 0.5) is 5.69 Å². The number of carbonyl (C=O) groups is 1. The monoisotopic (exact) mass is 445 g/mol. The summed E-state index contributed by atoms with van der Waals surface area (Å²) in [6, 6.07) is 22.5. The van der Waals surface area contributed by atoms with E-state index in [1.165, 1.54) is 6.07 Å². The Hall–Kier alpha value is -4.20. The number of carboxylic acids is 1. The third-order valence-corrected chi connectivity index (χ3v) is 5.27. The van der Waals surface area contributed by atoms with Gasteiger partial charge in [0.15, 0.2) is 5.75 Å². The molecule has 0 bridgehead atoms. The number of rotatable bonds is 10. The zero-order chi connectivity index (χ0) is 23.2. The van der Waals surface area contributed by atoms with Crippen LogP contribution < -0.4 is 4.74 Å². The Balaban J connectivity index is 1.74. The molecule has 3 aromatic carbocycles. The molecule has 0 saturated carbocycles. The highest BCUT2D eigenvalue weighted by atomic mass is 16.6. The number of benzene rings is 3. The number of nitro benzene ring substituents is 1. The van der Waals surface area contributed by atoms with Crippen LogP contribution in [0.2, 0.25) is 0 Å². The van der Waals surface area contributed by atoms with Crippen molar-refractivity contribution in [3.63, 3.8) is 0 Å². The summed E-state index contributed by atoms with van der Waals surface area (Å²) < 4.78 is 7.76. The first-order valence-corrected chi connectivity index (χ1v) is 10.7. The zero-order valence-corrected chi connectivity index (χ0v) is 17.9. The van der Waals surface area contributed by atoms with Gasteiger partial charge in [0, 0.05) is 29.8 Å². The van der Waals surface area contributed by atoms with Crippen LogP contribution in [0, 0.1) is 10.1 Å². The molecule has 0 unspecified atom stereocenters. The number of hydrogen-bond donors (Lipinski definition) is 1. The number of para-hydroxylation sites is 1. The minimum atomic E-state index is -0.833. The van der Waals surface area contributed by atoms with Gasteiger partial charge >= 0.3 is 11.7 Å². The predicted molar refractivity (Wildman–Crippen MR) is 125 cm³/mol. The Morgan fingerprint density at radius 1 is 1.00 bits per heavy atom. The molecule has 0 aliphatic heterocycles. The van der Waals surface area contributed by atoms with E-state index in [1.807, 2.05) is 65.2 Å². The Kier molecular flexibility index (Phi) is 6.64. The molecule has 1 N–H and O–H groups in total. The lowest BCUT2D eigenvalue weighted by Gasteiger charge is -2.11. The minimum absolute atomic E-state index is 0.102. The van der Waals surface area contributed by atoms with Gasteiger partial charge in [-0.15, -0.1) is 0 Å². The highest BCUT2D eigenvalue weighted by molar-refractivity contribution is 5.87. The lowest BCUT2D eigenvalue weighted by molar-refractivity contribution is -0.385. The Labute approximate surface area is 190 Å². The molecule has 8 heteroatoms. The van der Waals surface area contributed by atoms with Crippen molar-refractivity contribution in [3.8, 4) is 22.8 Å². The van der Waals surface area contributed by atoms with Gasteiger partial charge in [0.2, 0.25) is 0 Å². The maximum Gasteiger partial charge on any atom is 0.313 e. The van der Waals surface area contributed by atoms with Gasteiger partial charge in [-0.05, 0) is 31.4 Å². The minimum Gasteiger partial charge on any atom is -0.487 e. The molecule has 4 aromatic rings. The fourth-order valence-electron chi connectivity index (χ4n) is 3.71. The van der Waals surface area contributed by atoms with Gasteiger partial charge in [-0.25, -0.2) is 4.98 Å². The summed E-state index contributed by atoms with van der Waals surface area (Å²) in [5.74, 6) is 0.0137. The van der Waals surface area contributed by atoms with Crippen LogP contribution in [0.1, 0.15) is 25.7 Å². The average Bonchev–Trinajstić information content (AvgIpc) is 3.20. The van der Waals surface area contributed by atoms with Gasteiger partial charge < -0.3 is 9.84 Å². The van der Waals surface area contributed by atoms with Crippen LogP contribution in [0.15, 0.2) is 72.8 Å². The molecule has 0 fully saturated rings. The molecule has 0 aliphatic carbocycles. The molecule has 168 valence electrons. The number of carboxylic acid groups (broad SMARTS) is 1. The van der Waals surface area contributed by atoms with Crippen molar-refractivity contribution in [1.29, 1.82) is 0 Å². The second-order valence-electron chi connectivity index (χ2n) is 7.59. The topological polar surface area (TPSA) is 107 Å². The number of hydrogen-bond acceptors (Lipinski definition) is 5. The van der Waals surface area contributed by atoms with Gasteiger partial charge in [0.05, 0.1) is 22.6 Å². The molecule has 8 nitrogen and oxygen atoms in total. The smallest absolute Gasteiger partial charge is 0.313 e. The van der Waals surface area contributed by atoms with Crippen LogP contribution in [0.25, 0.3) is 28.1 Å². The number of unbranched alkanes of at least 4 members (excludes halogenated alkanes) is 2. The number of ether oxygens (including phenoxy) is 1. The second kappa shape index (κ2) is 9.95. The van der Waals surface area contributed by atoms with E-state index in [-0.39, 0.29) is 24.5 Å². The van der Waals surface area contributed by atoms with E-state index in [0.717, 1.165) is 11.3 Å². The van der Waals surface area contributed by atoms with Crippen molar-refractivity contribution in [3.05, 3.63) is 82.9 Å². The third-order valence-electron chi connectivity index (χ3n) is 5.27. The lowest BCUT2D eigenvalue weighted by Crippen LogP contribution is -2.02. The largest absolute Gasteiger partial charge is 0.487 e. The zero-order valence-electron chi connectivity index (χ0n) is 17.9. The molecule has 0 radical (unpaired) electrons. The maximum atomic E-state index is 11.7. The SMILES string of the molecule is O=C(O)CCCCCOc1cc2c(cc1[N+](=O)[O-])nc(-c1ccccc1)n2-c1ccccc1. The van der Waals surface area contributed by atoms with Crippen molar-refractivity contribution in [2.24, 2.45) is 0 Å². The second-order valence-corrected chi connectivity index (χ2v) is 7.59. The highest BCUT2D eigenvalue weighted by Gasteiger charge is 2.22. The molecule has 0 spiro atoms. The van der Waals surface area contributed by atoms with Gasteiger partial charge in [0.25, 0.3) is 0 Å². The van der Waals surface area contributed by atoms with Crippen LogP contribution >= 0.6 is 0 Å². The average molecular weight is 445 g/mol. The fourth-order valence-corrected chi connectivity index (χ4v) is 3.71. The first kappa shape index (κ1) is 22.0. The van der Waals surface area contributed by atoms with E-state index in [1.54, 1.807) is 6.07 Å². The fraction of sp³-hybridized carbons (Fsp3) is 0.200. The summed E-state index contributed by atoms with van der Waals surface area (Å²) in [5.41, 5.74) is 2.82. The maximum absolute atomic E-state index is 11.7. The molecule has 0 amide bonds. The van der Waals surface area contributed by atoms with E-state index in [9.17, 15) is 14.9 Å². The highest BCUT2D eigenvalue weighted by Crippen LogP contribution is 2.36. The van der Waals surface area contributed by atoms with Crippen LogP contribution in [-0.2, 0) is 4.79 Å². The van der Waals surface area contributed by atoms with Crippen molar-refractivity contribution < 1.29 is 19.6 Å². The van der Waals surface area contributed by atoms with E-state index in [4.69, 9.17) is 14.8 Å². The first-order valence-electron chi connectivity index (χ1n) is 10.7. The standard InChI is InChI=1S/C25H23N3O5/c29-24(30)14-8-3-9-15-33-23-17-21-20(16-22(23)28(31)32)26-25(18-10-4-1-5-11-18)27(21)19-12-6-2-7-13-19/h1-2,4-7,10-13,16-17H,3,8-9,14-15H2,(H,29,30). The summed E-state index contributed by atoms with van der Waals surface area (Å²) in [7, 11) is 0. The van der Waals surface area contributed by atoms with Gasteiger partial charge in [-0.1, -0.05) is 48.5 Å². The Bertz CT molecular complexity index is 1270. The van der Waals surface area contributed by atoms with Gasteiger partial charge in [-0.2, -0.15) is 0 Å². The third kappa shape index (κ3) is 5.01. The van der Waals surface area contributed by atoms with Crippen molar-refractivity contribution in [1.82, 2.24) is 9.55 Å². The van der Waals surface area contributed by atoms with Crippen LogP contribution in [0.3, 0.4) is 0 Å². The first-order chi connectivity index (χ1) is 16.0. The van der Waals surface area contributed by atoms with Crippen molar-refractivity contribution >= 4 is 22.7 Å². The summed E-state index contributed by atoms with van der Waals surface area (Å²) in [6.45, 7) is 0.261. The van der Waals surface area contributed by atoms with Gasteiger partial charge in [-0.3, -0.25) is 19.5 Å². The summed E-state index contributed by atoms with van der Waals surface area (Å²) >= 11 is 0. The van der Waals surface area contributed by atoms with Crippen molar-refractivity contribution in [2.75, 3.05) is 6.61 Å². The van der Waals surface area contributed by atoms with Crippen LogP contribution in [0.5, 0.6) is 5.75 Å². The normalized spacial score (nSPS) is 10.9. The van der Waals surface area contributed by atoms with Crippen molar-refractivity contribution in [2.45, 2.75) is 25.7 Å². The quantitative estimate of drug-likeness (QED) is 0.193. The van der Waals surface area contributed by atoms with E-state index >= 15 is 0 Å². The summed E-state index contributed by atoms with van der Waals surface area (Å²) in [6.07, 6.45) is 1.92. The molecular formula is C25H23N3O5. The molecule has 4 rings (SSSR count). The lowest BCUT2D eigenvalue weighted by atomic mass is 10.2. The van der Waals surface area contributed by atoms with E-state index < -0.39 is 10.9 Å². The number of nitrogens with zero attached hydrogens (tertiary/aromatic N) is 3. The number of imidazole rings is 1. The molecule has 33 heavy (non-hydrogen) atoms. The summed E-state index contributed by atoms with van der Waals surface area (Å²) in [4.78, 5) is 26.6. The number of aromatic nitrogens is 2. The van der Waals surface area contributed by atoms with Crippen LogP contribution in [-0.4, -0.2) is 32.2 Å². The molecule has 0 aliphatic rings. The van der Waals surface area contributed by atoms with E-state index in [2.05, 4.69) is 0 Å². The number of aliphatic carboxylic acids is 1. The molecular weight excluding hydrogens is 422 g/mol. The molecule has 0 saturated heterocycles. The Morgan fingerprint density at radius 3 is 2.36 bits per heavy atom. The molecule has 1 aromatic heterocycles. The molecule has 1 heterocycles.